The number of carbonyl (C=O) groups excluding carboxylic acids is 1. The van der Waals surface area contributed by atoms with Crippen LogP contribution in [0.3, 0.4) is 0 Å². The van der Waals surface area contributed by atoms with Crippen molar-refractivity contribution in [1.29, 1.82) is 0 Å². The Morgan fingerprint density at radius 1 is 1.55 bits per heavy atom. The van der Waals surface area contributed by atoms with Gasteiger partial charge in [-0.25, -0.2) is 4.79 Å². The van der Waals surface area contributed by atoms with Crippen molar-refractivity contribution in [3.05, 3.63) is 0 Å². The van der Waals surface area contributed by atoms with E-state index >= 15 is 0 Å². The summed E-state index contributed by atoms with van der Waals surface area (Å²) in [5, 5.41) is 10.4. The van der Waals surface area contributed by atoms with Gasteiger partial charge in [0.2, 0.25) is 0 Å². The third kappa shape index (κ3) is 9.29. The second-order valence-corrected chi connectivity index (χ2v) is 3.02. The minimum atomic E-state index is -0.999. The SMILES string of the molecule is O=CCCSCCNC(=O)O. The van der Waals surface area contributed by atoms with E-state index in [1.807, 2.05) is 0 Å². The fourth-order valence-corrected chi connectivity index (χ4v) is 1.18. The molecule has 2 N–H and O–H groups in total. The number of carboxylic acid groups (broad SMARTS) is 1. The van der Waals surface area contributed by atoms with Crippen LogP contribution in [0.5, 0.6) is 0 Å². The molecule has 0 atom stereocenters. The van der Waals surface area contributed by atoms with E-state index in [0.717, 1.165) is 17.8 Å². The summed E-state index contributed by atoms with van der Waals surface area (Å²) in [4.78, 5) is 19.7. The Morgan fingerprint density at radius 3 is 2.82 bits per heavy atom. The van der Waals surface area contributed by atoms with Gasteiger partial charge in [-0.15, -0.1) is 0 Å². The first-order valence-electron chi connectivity index (χ1n) is 3.25. The van der Waals surface area contributed by atoms with Crippen molar-refractivity contribution in [2.75, 3.05) is 18.1 Å². The van der Waals surface area contributed by atoms with Gasteiger partial charge in [-0.1, -0.05) is 0 Å². The van der Waals surface area contributed by atoms with Crippen molar-refractivity contribution in [3.63, 3.8) is 0 Å². The van der Waals surface area contributed by atoms with Crippen LogP contribution in [0.1, 0.15) is 6.42 Å². The predicted octanol–water partition coefficient (Wildman–Crippen LogP) is 0.576. The molecule has 0 heterocycles. The number of hydrogen-bond acceptors (Lipinski definition) is 3. The molecule has 0 aromatic carbocycles. The first-order chi connectivity index (χ1) is 5.27. The topological polar surface area (TPSA) is 66.4 Å². The smallest absolute Gasteiger partial charge is 0.404 e. The van der Waals surface area contributed by atoms with Crippen LogP contribution in [0.2, 0.25) is 0 Å². The van der Waals surface area contributed by atoms with E-state index in [4.69, 9.17) is 5.11 Å². The van der Waals surface area contributed by atoms with Gasteiger partial charge in [-0.2, -0.15) is 11.8 Å². The minimum absolute atomic E-state index is 0.443. The Morgan fingerprint density at radius 2 is 2.27 bits per heavy atom. The Hall–Kier alpha value is -0.710. The van der Waals surface area contributed by atoms with E-state index in [0.29, 0.717) is 13.0 Å². The molecule has 0 rings (SSSR count). The number of rotatable bonds is 6. The van der Waals surface area contributed by atoms with E-state index < -0.39 is 6.09 Å². The zero-order valence-corrected chi connectivity index (χ0v) is 6.89. The summed E-state index contributed by atoms with van der Waals surface area (Å²) < 4.78 is 0. The Balaban J connectivity index is 2.90. The van der Waals surface area contributed by atoms with Crippen LogP contribution in [-0.4, -0.2) is 35.5 Å². The second-order valence-electron chi connectivity index (χ2n) is 1.80. The molecule has 0 aromatic heterocycles. The van der Waals surface area contributed by atoms with Crippen LogP contribution in [0.25, 0.3) is 0 Å². The molecular weight excluding hydrogens is 166 g/mol. The molecule has 0 saturated carbocycles. The first-order valence-corrected chi connectivity index (χ1v) is 4.41. The van der Waals surface area contributed by atoms with Crippen molar-refractivity contribution >= 4 is 24.1 Å². The highest BCUT2D eigenvalue weighted by atomic mass is 32.2. The van der Waals surface area contributed by atoms with Gasteiger partial charge in [0, 0.05) is 18.7 Å². The molecule has 0 aromatic rings. The van der Waals surface area contributed by atoms with Crippen LogP contribution in [0.15, 0.2) is 0 Å². The van der Waals surface area contributed by atoms with Crippen molar-refractivity contribution in [1.82, 2.24) is 5.32 Å². The maximum atomic E-state index is 9.91. The fraction of sp³-hybridized carbons (Fsp3) is 0.667. The van der Waals surface area contributed by atoms with Crippen LogP contribution < -0.4 is 5.32 Å². The maximum absolute atomic E-state index is 9.91. The standard InChI is InChI=1S/C6H11NO3S/c8-3-1-4-11-5-2-7-6(9)10/h3,7H,1-2,4-5H2,(H,9,10). The summed E-state index contributed by atoms with van der Waals surface area (Å²) in [6.45, 7) is 0.443. The van der Waals surface area contributed by atoms with E-state index in [2.05, 4.69) is 5.32 Å². The highest BCUT2D eigenvalue weighted by molar-refractivity contribution is 7.99. The molecule has 0 aliphatic rings. The molecule has 0 spiro atoms. The highest BCUT2D eigenvalue weighted by Crippen LogP contribution is 1.98. The Bertz CT molecular complexity index is 129. The summed E-state index contributed by atoms with van der Waals surface area (Å²) in [5.41, 5.74) is 0. The average molecular weight is 177 g/mol. The summed E-state index contributed by atoms with van der Waals surface area (Å²) in [5.74, 6) is 1.49. The first kappa shape index (κ1) is 10.3. The number of nitrogens with one attached hydrogen (secondary N) is 1. The van der Waals surface area contributed by atoms with Crippen molar-refractivity contribution in [2.45, 2.75) is 6.42 Å². The number of hydrogen-bond donors (Lipinski definition) is 2. The molecule has 0 bridgehead atoms. The van der Waals surface area contributed by atoms with Crippen molar-refractivity contribution < 1.29 is 14.7 Å². The average Bonchev–Trinajstić information content (AvgIpc) is 1.96. The molecule has 5 heteroatoms. The zero-order chi connectivity index (χ0) is 8.53. The van der Waals surface area contributed by atoms with Gasteiger partial charge < -0.3 is 15.2 Å². The summed E-state index contributed by atoms with van der Waals surface area (Å²) in [6, 6.07) is 0. The molecule has 64 valence electrons. The van der Waals surface area contributed by atoms with Gasteiger partial charge in [0.15, 0.2) is 0 Å². The van der Waals surface area contributed by atoms with E-state index in [-0.39, 0.29) is 0 Å². The molecule has 0 fully saturated rings. The third-order valence-corrected chi connectivity index (χ3v) is 1.92. The van der Waals surface area contributed by atoms with Crippen molar-refractivity contribution in [2.24, 2.45) is 0 Å². The quantitative estimate of drug-likeness (QED) is 0.460. The molecule has 0 unspecified atom stereocenters. The molecule has 0 radical (unpaired) electrons. The van der Waals surface area contributed by atoms with E-state index in [1.54, 1.807) is 11.8 Å². The normalized spacial score (nSPS) is 9.09. The molecule has 11 heavy (non-hydrogen) atoms. The monoisotopic (exact) mass is 177 g/mol. The molecule has 0 saturated heterocycles. The van der Waals surface area contributed by atoms with Gasteiger partial charge in [0.05, 0.1) is 0 Å². The Kier molecular flexibility index (Phi) is 6.92. The molecule has 0 aliphatic heterocycles. The van der Waals surface area contributed by atoms with Gasteiger partial charge >= 0.3 is 6.09 Å². The van der Waals surface area contributed by atoms with Crippen LogP contribution in [-0.2, 0) is 4.79 Å². The molecular formula is C6H11NO3S. The lowest BCUT2D eigenvalue weighted by Crippen LogP contribution is -2.23. The maximum Gasteiger partial charge on any atom is 0.404 e. The number of aldehydes is 1. The van der Waals surface area contributed by atoms with Gasteiger partial charge in [-0.05, 0) is 5.75 Å². The summed E-state index contributed by atoms with van der Waals surface area (Å²) in [6.07, 6.45) is 0.399. The van der Waals surface area contributed by atoms with Gasteiger partial charge in [-0.3, -0.25) is 0 Å². The van der Waals surface area contributed by atoms with Crippen molar-refractivity contribution in [3.8, 4) is 0 Å². The summed E-state index contributed by atoms with van der Waals surface area (Å²) >= 11 is 1.56. The van der Waals surface area contributed by atoms with Gasteiger partial charge in [0.1, 0.15) is 6.29 Å². The molecule has 0 aliphatic carbocycles. The van der Waals surface area contributed by atoms with Crippen LogP contribution in [0, 0.1) is 0 Å². The minimum Gasteiger partial charge on any atom is -0.465 e. The third-order valence-electron chi connectivity index (χ3n) is 0.903. The van der Waals surface area contributed by atoms with Crippen LogP contribution in [0.4, 0.5) is 4.79 Å². The largest absolute Gasteiger partial charge is 0.465 e. The lowest BCUT2D eigenvalue weighted by atomic mass is 10.6. The predicted molar refractivity (Wildman–Crippen MR) is 44.0 cm³/mol. The number of thioether (sulfide) groups is 1. The van der Waals surface area contributed by atoms with E-state index in [9.17, 15) is 9.59 Å². The fourth-order valence-electron chi connectivity index (χ4n) is 0.464. The van der Waals surface area contributed by atoms with E-state index in [1.165, 1.54) is 0 Å². The van der Waals surface area contributed by atoms with Crippen LogP contribution >= 0.6 is 11.8 Å². The Labute approximate surface area is 69.4 Å². The summed E-state index contributed by atoms with van der Waals surface area (Å²) in [7, 11) is 0. The number of carbonyl (C=O) groups is 2. The number of amides is 1. The zero-order valence-electron chi connectivity index (χ0n) is 6.08. The molecule has 1 amide bonds. The van der Waals surface area contributed by atoms with Gasteiger partial charge in [0.25, 0.3) is 0 Å². The lowest BCUT2D eigenvalue weighted by molar-refractivity contribution is -0.107. The lowest BCUT2D eigenvalue weighted by Gasteiger charge is -1.98. The second kappa shape index (κ2) is 7.40. The highest BCUT2D eigenvalue weighted by Gasteiger charge is 1.92. The molecule has 4 nitrogen and oxygen atoms in total.